The van der Waals surface area contributed by atoms with Crippen LogP contribution in [0.4, 0.5) is 0 Å². The normalized spacial score (nSPS) is 22.2. The molecule has 1 aliphatic heterocycles. The molecule has 21 heavy (non-hydrogen) atoms. The van der Waals surface area contributed by atoms with Gasteiger partial charge in [0.05, 0.1) is 18.7 Å². The van der Waals surface area contributed by atoms with Gasteiger partial charge in [0.15, 0.2) is 0 Å². The summed E-state index contributed by atoms with van der Waals surface area (Å²) in [6, 6.07) is 8.12. The van der Waals surface area contributed by atoms with Crippen molar-refractivity contribution in [3.05, 3.63) is 35.5 Å². The molecule has 0 saturated carbocycles. The van der Waals surface area contributed by atoms with E-state index in [0.29, 0.717) is 6.61 Å². The molecule has 1 aromatic heterocycles. The number of carboxylic acids is 1. The molecule has 1 aromatic carbocycles. The van der Waals surface area contributed by atoms with Gasteiger partial charge in [-0.2, -0.15) is 0 Å². The highest BCUT2D eigenvalue weighted by Crippen LogP contribution is 2.49. The number of para-hydroxylation sites is 1. The molecule has 4 heteroatoms. The number of H-pyrrole nitrogens is 1. The second kappa shape index (κ2) is 4.60. The molecule has 0 saturated heterocycles. The van der Waals surface area contributed by atoms with Crippen molar-refractivity contribution in [1.29, 1.82) is 0 Å². The summed E-state index contributed by atoms with van der Waals surface area (Å²) in [4.78, 5) is 14.9. The Balaban J connectivity index is 2.28. The molecule has 4 nitrogen and oxygen atoms in total. The molecule has 0 bridgehead atoms. The largest absolute Gasteiger partial charge is 0.481 e. The number of ether oxygens (including phenoxy) is 1. The molecular formula is C17H21NO3. The molecule has 0 unspecified atom stereocenters. The molecule has 3 rings (SSSR count). The summed E-state index contributed by atoms with van der Waals surface area (Å²) in [5, 5.41) is 10.6. The van der Waals surface area contributed by atoms with Crippen molar-refractivity contribution in [2.24, 2.45) is 5.41 Å². The molecule has 0 radical (unpaired) electrons. The Morgan fingerprint density at radius 2 is 2.10 bits per heavy atom. The van der Waals surface area contributed by atoms with E-state index in [4.69, 9.17) is 4.74 Å². The number of hydrogen-bond acceptors (Lipinski definition) is 2. The standard InChI is InChI=1S/C17H21NO3/c1-16(2,3)17(10-14(19)20)15-12(8-9-21-17)11-6-4-5-7-13(11)18-15/h4-7,18H,8-10H2,1-3H3,(H,19,20)/t17-/m1/s1. The molecule has 112 valence electrons. The van der Waals surface area contributed by atoms with Crippen molar-refractivity contribution in [2.45, 2.75) is 39.2 Å². The zero-order valence-corrected chi connectivity index (χ0v) is 12.7. The Labute approximate surface area is 124 Å². The van der Waals surface area contributed by atoms with E-state index in [0.717, 1.165) is 17.6 Å². The fraction of sp³-hybridized carbons (Fsp3) is 0.471. The molecule has 2 N–H and O–H groups in total. The van der Waals surface area contributed by atoms with E-state index < -0.39 is 11.6 Å². The average molecular weight is 287 g/mol. The Morgan fingerprint density at radius 1 is 1.38 bits per heavy atom. The van der Waals surface area contributed by atoms with Gasteiger partial charge in [0.2, 0.25) is 0 Å². The van der Waals surface area contributed by atoms with Gasteiger partial charge in [0.25, 0.3) is 0 Å². The molecular weight excluding hydrogens is 266 g/mol. The summed E-state index contributed by atoms with van der Waals surface area (Å²) in [6.07, 6.45) is 0.785. The molecule has 0 aliphatic carbocycles. The van der Waals surface area contributed by atoms with Crippen LogP contribution in [0.3, 0.4) is 0 Å². The molecule has 0 amide bonds. The molecule has 0 fully saturated rings. The van der Waals surface area contributed by atoms with Crippen molar-refractivity contribution in [1.82, 2.24) is 4.98 Å². The number of nitrogens with one attached hydrogen (secondary N) is 1. The highest BCUT2D eigenvalue weighted by Gasteiger charge is 2.50. The third-order valence-corrected chi connectivity index (χ3v) is 4.53. The lowest BCUT2D eigenvalue weighted by Crippen LogP contribution is -2.47. The van der Waals surface area contributed by atoms with Crippen LogP contribution in [0.15, 0.2) is 24.3 Å². The minimum absolute atomic E-state index is 0.0314. The third kappa shape index (κ3) is 2.05. The van der Waals surface area contributed by atoms with Gasteiger partial charge in [-0.15, -0.1) is 0 Å². The fourth-order valence-electron chi connectivity index (χ4n) is 3.41. The van der Waals surface area contributed by atoms with Gasteiger partial charge in [0.1, 0.15) is 5.60 Å². The predicted molar refractivity (Wildman–Crippen MR) is 81.3 cm³/mol. The summed E-state index contributed by atoms with van der Waals surface area (Å²) in [7, 11) is 0. The summed E-state index contributed by atoms with van der Waals surface area (Å²) in [6.45, 7) is 6.67. The van der Waals surface area contributed by atoms with E-state index in [1.54, 1.807) is 0 Å². The van der Waals surface area contributed by atoms with E-state index in [9.17, 15) is 9.90 Å². The molecule has 2 heterocycles. The van der Waals surface area contributed by atoms with E-state index in [-0.39, 0.29) is 11.8 Å². The monoisotopic (exact) mass is 287 g/mol. The number of aromatic nitrogens is 1. The van der Waals surface area contributed by atoms with Gasteiger partial charge in [-0.25, -0.2) is 0 Å². The van der Waals surface area contributed by atoms with E-state index in [2.05, 4.69) is 11.1 Å². The summed E-state index contributed by atoms with van der Waals surface area (Å²) in [5.41, 5.74) is 2.05. The predicted octanol–water partition coefficient (Wildman–Crippen LogP) is 3.46. The molecule has 0 spiro atoms. The number of benzene rings is 1. The van der Waals surface area contributed by atoms with Gasteiger partial charge >= 0.3 is 5.97 Å². The maximum absolute atomic E-state index is 11.5. The Kier molecular flexibility index (Phi) is 3.10. The van der Waals surface area contributed by atoms with Crippen LogP contribution in [-0.2, 0) is 21.6 Å². The van der Waals surface area contributed by atoms with Crippen LogP contribution < -0.4 is 0 Å². The van der Waals surface area contributed by atoms with E-state index >= 15 is 0 Å². The van der Waals surface area contributed by atoms with E-state index in [1.807, 2.05) is 39.0 Å². The van der Waals surface area contributed by atoms with Gasteiger partial charge in [-0.3, -0.25) is 4.79 Å². The number of rotatable bonds is 2. The third-order valence-electron chi connectivity index (χ3n) is 4.53. The first-order valence-corrected chi connectivity index (χ1v) is 7.31. The second-order valence-corrected chi connectivity index (χ2v) is 6.77. The van der Waals surface area contributed by atoms with Crippen molar-refractivity contribution in [3.8, 4) is 0 Å². The number of aromatic amines is 1. The number of hydrogen-bond donors (Lipinski definition) is 2. The van der Waals surface area contributed by atoms with Gasteiger partial charge in [0, 0.05) is 10.9 Å². The van der Waals surface area contributed by atoms with Gasteiger partial charge < -0.3 is 14.8 Å². The van der Waals surface area contributed by atoms with Crippen molar-refractivity contribution in [2.75, 3.05) is 6.61 Å². The smallest absolute Gasteiger partial charge is 0.306 e. The lowest BCUT2D eigenvalue weighted by atomic mass is 9.70. The molecule has 1 aliphatic rings. The van der Waals surface area contributed by atoms with Gasteiger partial charge in [-0.05, 0) is 23.5 Å². The zero-order valence-electron chi connectivity index (χ0n) is 12.7. The van der Waals surface area contributed by atoms with Crippen LogP contribution >= 0.6 is 0 Å². The minimum Gasteiger partial charge on any atom is -0.481 e. The lowest BCUT2D eigenvalue weighted by molar-refractivity contribution is -0.166. The van der Waals surface area contributed by atoms with Crippen LogP contribution in [0, 0.1) is 5.41 Å². The van der Waals surface area contributed by atoms with Crippen molar-refractivity contribution in [3.63, 3.8) is 0 Å². The van der Waals surface area contributed by atoms with Gasteiger partial charge in [-0.1, -0.05) is 39.0 Å². The Morgan fingerprint density at radius 3 is 2.76 bits per heavy atom. The Hall–Kier alpha value is -1.81. The number of carboxylic acid groups (broad SMARTS) is 1. The Bertz CT molecular complexity index is 696. The summed E-state index contributed by atoms with van der Waals surface area (Å²) >= 11 is 0. The maximum atomic E-state index is 11.5. The zero-order chi connectivity index (χ0) is 15.3. The second-order valence-electron chi connectivity index (χ2n) is 6.77. The van der Waals surface area contributed by atoms with Crippen molar-refractivity contribution < 1.29 is 14.6 Å². The molecule has 2 aromatic rings. The first-order chi connectivity index (χ1) is 9.85. The number of carbonyl (C=O) groups is 1. The summed E-state index contributed by atoms with van der Waals surface area (Å²) in [5.74, 6) is -0.837. The van der Waals surface area contributed by atoms with E-state index in [1.165, 1.54) is 10.9 Å². The van der Waals surface area contributed by atoms with Crippen LogP contribution in [-0.4, -0.2) is 22.7 Å². The SMILES string of the molecule is CC(C)(C)[C@]1(CC(=O)O)OCCc2c1[nH]c1ccccc21. The number of aliphatic carboxylic acids is 1. The lowest BCUT2D eigenvalue weighted by Gasteiger charge is -2.46. The highest BCUT2D eigenvalue weighted by molar-refractivity contribution is 5.85. The van der Waals surface area contributed by atoms with Crippen LogP contribution in [0.25, 0.3) is 10.9 Å². The first kappa shape index (κ1) is 14.1. The average Bonchev–Trinajstić information content (AvgIpc) is 2.77. The number of fused-ring (bicyclic) bond motifs is 3. The van der Waals surface area contributed by atoms with Crippen LogP contribution in [0.1, 0.15) is 38.4 Å². The summed E-state index contributed by atoms with van der Waals surface area (Å²) < 4.78 is 6.08. The maximum Gasteiger partial charge on any atom is 0.306 e. The molecule has 1 atom stereocenters. The highest BCUT2D eigenvalue weighted by atomic mass is 16.5. The van der Waals surface area contributed by atoms with Crippen molar-refractivity contribution >= 4 is 16.9 Å². The quantitative estimate of drug-likeness (QED) is 0.889. The van der Waals surface area contributed by atoms with Crippen LogP contribution in [0.2, 0.25) is 0 Å². The fourth-order valence-corrected chi connectivity index (χ4v) is 3.41. The minimum atomic E-state index is -0.837. The first-order valence-electron chi connectivity index (χ1n) is 7.31. The van der Waals surface area contributed by atoms with Crippen LogP contribution in [0.5, 0.6) is 0 Å². The topological polar surface area (TPSA) is 62.3 Å².